The van der Waals surface area contributed by atoms with E-state index in [2.05, 4.69) is 20.6 Å². The van der Waals surface area contributed by atoms with E-state index in [-0.39, 0.29) is 29.6 Å². The van der Waals surface area contributed by atoms with Crippen LogP contribution in [0.25, 0.3) is 11.3 Å². The Morgan fingerprint density at radius 2 is 1.76 bits per heavy atom. The average Bonchev–Trinajstić information content (AvgIpc) is 3.21. The van der Waals surface area contributed by atoms with Crippen LogP contribution in [0.4, 0.5) is 20.4 Å². The Labute approximate surface area is 263 Å². The summed E-state index contributed by atoms with van der Waals surface area (Å²) >= 11 is 6.32. The third-order valence-corrected chi connectivity index (χ3v) is 9.09. The van der Waals surface area contributed by atoms with Gasteiger partial charge in [0, 0.05) is 52.3 Å². The fourth-order valence-corrected chi connectivity index (χ4v) is 6.47. The fourth-order valence-electron chi connectivity index (χ4n) is 6.30. The maximum atomic E-state index is 14.8. The number of likely N-dealkylation sites (tertiary alicyclic amines) is 1. The van der Waals surface area contributed by atoms with Crippen LogP contribution in [0.15, 0.2) is 71.9 Å². The largest absolute Gasteiger partial charge is 0.342 e. The third kappa shape index (κ3) is 5.11. The predicted octanol–water partition coefficient (Wildman–Crippen LogP) is 5.16. The summed E-state index contributed by atoms with van der Waals surface area (Å²) in [6.07, 6.45) is 2.82. The minimum absolute atomic E-state index is 0.0341. The van der Waals surface area contributed by atoms with Gasteiger partial charge in [0.15, 0.2) is 0 Å². The van der Waals surface area contributed by atoms with Crippen molar-refractivity contribution in [3.05, 3.63) is 106 Å². The van der Waals surface area contributed by atoms with Gasteiger partial charge in [-0.3, -0.25) is 19.5 Å². The van der Waals surface area contributed by atoms with Crippen molar-refractivity contribution in [2.24, 2.45) is 4.99 Å². The lowest BCUT2D eigenvalue weighted by molar-refractivity contribution is -0.128. The van der Waals surface area contributed by atoms with Crippen molar-refractivity contribution >= 4 is 40.8 Å². The number of likely N-dealkylation sites (N-methyl/N-ethyl adjacent to an activating group) is 1. The lowest BCUT2D eigenvalue weighted by Gasteiger charge is -2.41. The molecule has 2 N–H and O–H groups in total. The van der Waals surface area contributed by atoms with Crippen LogP contribution < -0.4 is 10.6 Å². The molecular formula is C33H28ClF2N7O2. The Kier molecular flexibility index (Phi) is 7.29. The summed E-state index contributed by atoms with van der Waals surface area (Å²) in [7, 11) is 1.93. The van der Waals surface area contributed by atoms with E-state index in [0.717, 1.165) is 0 Å². The number of fused-ring (bicyclic) bond motifs is 3. The molecule has 9 nitrogen and oxygen atoms in total. The SMILES string of the molecule is CN1CNC(=O)C12CCN(C(=O)c1ccc(Nc3ncc4c(n3)-c3ccc(Cl)cc3C(c3c(F)cccc3F)=NC4)cc1)CC2. The number of aromatic nitrogens is 2. The van der Waals surface area contributed by atoms with Crippen molar-refractivity contribution < 1.29 is 18.4 Å². The molecule has 0 radical (unpaired) electrons. The van der Waals surface area contributed by atoms with E-state index < -0.39 is 17.2 Å². The number of halogens is 3. The second-order valence-corrected chi connectivity index (χ2v) is 11.8. The third-order valence-electron chi connectivity index (χ3n) is 8.86. The van der Waals surface area contributed by atoms with Gasteiger partial charge in [0.2, 0.25) is 11.9 Å². The summed E-state index contributed by atoms with van der Waals surface area (Å²) in [5, 5.41) is 6.48. The first kappa shape index (κ1) is 29.0. The van der Waals surface area contributed by atoms with E-state index >= 15 is 0 Å². The molecule has 3 aliphatic rings. The molecule has 3 aliphatic heterocycles. The average molecular weight is 628 g/mol. The van der Waals surface area contributed by atoms with Gasteiger partial charge in [0.25, 0.3) is 5.91 Å². The molecule has 228 valence electrons. The highest BCUT2D eigenvalue weighted by Crippen LogP contribution is 2.35. The molecule has 3 aromatic carbocycles. The number of benzene rings is 3. The first-order valence-corrected chi connectivity index (χ1v) is 14.9. The Bertz CT molecular complexity index is 1850. The van der Waals surface area contributed by atoms with Gasteiger partial charge in [0.05, 0.1) is 30.2 Å². The highest BCUT2D eigenvalue weighted by molar-refractivity contribution is 6.31. The van der Waals surface area contributed by atoms with Crippen molar-refractivity contribution in [1.29, 1.82) is 0 Å². The number of carbonyl (C=O) groups is 2. The Morgan fingerprint density at radius 3 is 2.44 bits per heavy atom. The molecule has 0 saturated carbocycles. The first-order chi connectivity index (χ1) is 21.7. The second kappa shape index (κ2) is 11.3. The Balaban J connectivity index is 1.11. The van der Waals surface area contributed by atoms with Crippen LogP contribution in [0.3, 0.4) is 0 Å². The van der Waals surface area contributed by atoms with Crippen LogP contribution in [0.2, 0.25) is 5.02 Å². The molecule has 1 spiro atoms. The number of hydrogen-bond acceptors (Lipinski definition) is 7. The van der Waals surface area contributed by atoms with E-state index in [1.165, 1.54) is 18.2 Å². The quantitative estimate of drug-likeness (QED) is 0.324. The number of nitrogens with zero attached hydrogens (tertiary/aromatic N) is 5. The number of aliphatic imine (C=N–C) groups is 1. The zero-order chi connectivity index (χ0) is 31.3. The van der Waals surface area contributed by atoms with Gasteiger partial charge in [0.1, 0.15) is 17.2 Å². The number of rotatable bonds is 4. The van der Waals surface area contributed by atoms with E-state index in [1.54, 1.807) is 53.6 Å². The van der Waals surface area contributed by atoms with Crippen molar-refractivity contribution in [2.75, 3.05) is 32.1 Å². The lowest BCUT2D eigenvalue weighted by Crippen LogP contribution is -2.55. The van der Waals surface area contributed by atoms with Crippen LogP contribution in [0, 0.1) is 11.6 Å². The summed E-state index contributed by atoms with van der Waals surface area (Å²) in [5.74, 6) is -1.20. The Morgan fingerprint density at radius 1 is 1.02 bits per heavy atom. The van der Waals surface area contributed by atoms with E-state index in [4.69, 9.17) is 16.6 Å². The van der Waals surface area contributed by atoms with E-state index in [0.29, 0.717) is 77.2 Å². The molecule has 7 rings (SSSR count). The smallest absolute Gasteiger partial charge is 0.253 e. The topological polar surface area (TPSA) is 103 Å². The molecule has 45 heavy (non-hydrogen) atoms. The van der Waals surface area contributed by atoms with Gasteiger partial charge >= 0.3 is 0 Å². The molecule has 0 bridgehead atoms. The maximum Gasteiger partial charge on any atom is 0.253 e. The molecule has 4 aromatic rings. The maximum absolute atomic E-state index is 14.8. The zero-order valence-electron chi connectivity index (χ0n) is 24.3. The standard InChI is InChI=1S/C33H28ClF2N7O2/c1-42-18-39-31(45)33(42)11-13-43(14-12-33)30(44)19-5-8-22(9-6-19)40-32-38-17-20-16-37-29(27-25(35)3-2-4-26(27)36)24-15-21(34)7-10-23(24)28(20)41-32/h2-10,15,17H,11-14,16,18H2,1H3,(H,39,45)(H,38,40,41). The van der Waals surface area contributed by atoms with Crippen LogP contribution in [0.5, 0.6) is 0 Å². The predicted molar refractivity (Wildman–Crippen MR) is 167 cm³/mol. The molecule has 2 saturated heterocycles. The van der Waals surface area contributed by atoms with E-state index in [9.17, 15) is 18.4 Å². The van der Waals surface area contributed by atoms with Gasteiger partial charge in [-0.25, -0.2) is 18.7 Å². The number of piperidine rings is 1. The lowest BCUT2D eigenvalue weighted by atomic mass is 9.86. The van der Waals surface area contributed by atoms with Crippen LogP contribution in [-0.4, -0.2) is 69.6 Å². The summed E-state index contributed by atoms with van der Waals surface area (Å²) in [6, 6.07) is 15.8. The van der Waals surface area contributed by atoms with Crippen LogP contribution in [-0.2, 0) is 11.3 Å². The minimum atomic E-state index is -0.723. The summed E-state index contributed by atoms with van der Waals surface area (Å²) in [4.78, 5) is 43.3. The number of nitrogens with one attached hydrogen (secondary N) is 2. The molecule has 12 heteroatoms. The van der Waals surface area contributed by atoms with Crippen molar-refractivity contribution in [3.63, 3.8) is 0 Å². The van der Waals surface area contributed by atoms with Gasteiger partial charge in [-0.1, -0.05) is 23.7 Å². The normalized spacial score (nSPS) is 17.3. The molecule has 0 unspecified atom stereocenters. The monoisotopic (exact) mass is 627 g/mol. The van der Waals surface area contributed by atoms with Crippen molar-refractivity contribution in [3.8, 4) is 11.3 Å². The fraction of sp³-hybridized carbons (Fsp3) is 0.242. The van der Waals surface area contributed by atoms with Crippen LogP contribution in [0.1, 0.15) is 39.9 Å². The highest BCUT2D eigenvalue weighted by atomic mass is 35.5. The van der Waals surface area contributed by atoms with Crippen LogP contribution >= 0.6 is 11.6 Å². The molecule has 2 fully saturated rings. The molecule has 2 amide bonds. The number of carbonyl (C=O) groups excluding carboxylic acids is 2. The highest BCUT2D eigenvalue weighted by Gasteiger charge is 2.49. The van der Waals surface area contributed by atoms with Crippen molar-refractivity contribution in [1.82, 2.24) is 25.1 Å². The zero-order valence-corrected chi connectivity index (χ0v) is 25.0. The number of amides is 2. The minimum Gasteiger partial charge on any atom is -0.342 e. The van der Waals surface area contributed by atoms with Gasteiger partial charge in [-0.15, -0.1) is 0 Å². The van der Waals surface area contributed by atoms with Gasteiger partial charge in [-0.2, -0.15) is 0 Å². The summed E-state index contributed by atoms with van der Waals surface area (Å²) < 4.78 is 29.7. The van der Waals surface area contributed by atoms with Gasteiger partial charge in [-0.05, 0) is 68.4 Å². The second-order valence-electron chi connectivity index (χ2n) is 11.4. The van der Waals surface area contributed by atoms with Crippen molar-refractivity contribution in [2.45, 2.75) is 24.9 Å². The first-order valence-electron chi connectivity index (χ1n) is 14.5. The number of anilines is 2. The molecule has 0 atom stereocenters. The molecule has 1 aromatic heterocycles. The molecule has 4 heterocycles. The number of hydrogen-bond donors (Lipinski definition) is 2. The summed E-state index contributed by atoms with van der Waals surface area (Å²) in [5.41, 5.74) is 2.92. The summed E-state index contributed by atoms with van der Waals surface area (Å²) in [6.45, 7) is 1.64. The molecular weight excluding hydrogens is 600 g/mol. The molecule has 0 aliphatic carbocycles. The Hall–Kier alpha value is -4.74. The van der Waals surface area contributed by atoms with E-state index in [1.807, 2.05) is 11.9 Å². The van der Waals surface area contributed by atoms with Gasteiger partial charge < -0.3 is 15.5 Å².